The Morgan fingerprint density at radius 2 is 1.56 bits per heavy atom. The van der Waals surface area contributed by atoms with E-state index in [1.54, 1.807) is 0 Å². The van der Waals surface area contributed by atoms with E-state index in [0.717, 1.165) is 19.1 Å². The van der Waals surface area contributed by atoms with Crippen LogP contribution in [0.1, 0.15) is 13.8 Å². The van der Waals surface area contributed by atoms with Gasteiger partial charge in [-0.25, -0.2) is 4.42 Å². The number of fused-ring (bicyclic) bond motifs is 1. The van der Waals surface area contributed by atoms with E-state index in [2.05, 4.69) is 0 Å². The van der Waals surface area contributed by atoms with E-state index < -0.39 is 91.2 Å². The van der Waals surface area contributed by atoms with E-state index in [1.165, 1.54) is 31.2 Å². The molecule has 0 radical (unpaired) electrons. The van der Waals surface area contributed by atoms with E-state index >= 15 is 0 Å². The Morgan fingerprint density at radius 1 is 0.822 bits per heavy atom. The monoisotopic (exact) mass is 637 g/mol. The molecule has 2 aliphatic heterocycles. The van der Waals surface area contributed by atoms with Gasteiger partial charge in [-0.05, 0) is 19.1 Å². The van der Waals surface area contributed by atoms with Crippen molar-refractivity contribution >= 4 is 16.9 Å². The first-order valence-corrected chi connectivity index (χ1v) is 13.8. The molecule has 2 fully saturated rings. The fourth-order valence-electron chi connectivity index (χ4n) is 5.06. The number of aliphatic hydroxyl groups is 5. The van der Waals surface area contributed by atoms with Crippen LogP contribution in [-0.4, -0.2) is 120 Å². The highest BCUT2D eigenvalue weighted by Crippen LogP contribution is 2.42. The van der Waals surface area contributed by atoms with Gasteiger partial charge < -0.3 is 69.6 Å². The van der Waals surface area contributed by atoms with Gasteiger partial charge in [-0.1, -0.05) is 0 Å². The third-order valence-electron chi connectivity index (χ3n) is 7.48. The Bertz CT molecular complexity index is 1550. The van der Waals surface area contributed by atoms with E-state index in [0.29, 0.717) is 0 Å². The minimum atomic E-state index is -1.85. The maximum atomic E-state index is 11.6. The van der Waals surface area contributed by atoms with Crippen LogP contribution in [-0.2, 0) is 23.7 Å². The maximum absolute atomic E-state index is 11.6. The van der Waals surface area contributed by atoms with Crippen molar-refractivity contribution in [2.24, 2.45) is 0 Å². The minimum Gasteiger partial charge on any atom is -0.507 e. The SMILES string of the molecule is CC(=O)O[C@H]1[C@H](OC[C@H]2O[C@@H](Oc3cc4c(O)cc(O)cc4[o+]c3-c3ccc(O)c(O)c3)[C@H](O)[C@@H](O)[C@@H]2O)O[C@@H](C)[C@H](O)[C@H]1O. The van der Waals surface area contributed by atoms with Crippen LogP contribution < -0.4 is 4.74 Å². The predicted octanol–water partition coefficient (Wildman–Crippen LogP) is -0.195. The number of carbonyl (C=O) groups is 1. The van der Waals surface area contributed by atoms with Gasteiger partial charge in [0, 0.05) is 25.1 Å². The highest BCUT2D eigenvalue weighted by Gasteiger charge is 2.49. The third kappa shape index (κ3) is 6.54. The Labute approximate surface area is 254 Å². The number of esters is 1. The van der Waals surface area contributed by atoms with Crippen LogP contribution >= 0.6 is 0 Å². The molecular formula is C29H33O16+. The first-order valence-electron chi connectivity index (χ1n) is 13.8. The molecule has 45 heavy (non-hydrogen) atoms. The van der Waals surface area contributed by atoms with Crippen molar-refractivity contribution in [3.63, 3.8) is 0 Å². The van der Waals surface area contributed by atoms with E-state index in [-0.39, 0.29) is 33.8 Å². The number of benzene rings is 2. The molecule has 5 rings (SSSR count). The summed E-state index contributed by atoms with van der Waals surface area (Å²) >= 11 is 0. The van der Waals surface area contributed by atoms with Gasteiger partial charge >= 0.3 is 17.3 Å². The van der Waals surface area contributed by atoms with Crippen molar-refractivity contribution in [1.29, 1.82) is 0 Å². The first kappa shape index (κ1) is 32.4. The van der Waals surface area contributed by atoms with E-state index in [9.17, 15) is 50.8 Å². The summed E-state index contributed by atoms with van der Waals surface area (Å²) in [6.45, 7) is 1.98. The summed E-state index contributed by atoms with van der Waals surface area (Å²) in [5.41, 5.74) is 0.141. The fourth-order valence-corrected chi connectivity index (χ4v) is 5.06. The second-order valence-corrected chi connectivity index (χ2v) is 10.8. The normalized spacial score (nSPS) is 31.9. The van der Waals surface area contributed by atoms with Gasteiger partial charge in [0.05, 0.1) is 24.3 Å². The average Bonchev–Trinajstić information content (AvgIpc) is 2.98. The molecule has 3 heterocycles. The summed E-state index contributed by atoms with van der Waals surface area (Å²) in [5, 5.41) is 92.9. The van der Waals surface area contributed by atoms with Crippen LogP contribution in [0.25, 0.3) is 22.3 Å². The lowest BCUT2D eigenvalue weighted by atomic mass is 9.98. The summed E-state index contributed by atoms with van der Waals surface area (Å²) in [7, 11) is 0. The largest absolute Gasteiger partial charge is 0.507 e. The molecule has 0 amide bonds. The third-order valence-corrected chi connectivity index (χ3v) is 7.48. The maximum Gasteiger partial charge on any atom is 0.402 e. The summed E-state index contributed by atoms with van der Waals surface area (Å²) in [6, 6.07) is 7.19. The molecule has 0 bridgehead atoms. The molecule has 10 atom stereocenters. The van der Waals surface area contributed by atoms with Crippen molar-refractivity contribution in [2.75, 3.05) is 6.61 Å². The van der Waals surface area contributed by atoms with Gasteiger partial charge in [0.1, 0.15) is 53.5 Å². The zero-order valence-corrected chi connectivity index (χ0v) is 23.8. The number of carbonyl (C=O) groups excluding carboxylic acids is 1. The van der Waals surface area contributed by atoms with Crippen LogP contribution in [0.5, 0.6) is 28.7 Å². The summed E-state index contributed by atoms with van der Waals surface area (Å²) in [6.07, 6.45) is -15.3. The zero-order chi connectivity index (χ0) is 32.7. The Morgan fingerprint density at radius 3 is 2.24 bits per heavy atom. The molecule has 244 valence electrons. The van der Waals surface area contributed by atoms with Crippen LogP contribution in [0.3, 0.4) is 0 Å². The van der Waals surface area contributed by atoms with Gasteiger partial charge in [0.2, 0.25) is 12.0 Å². The van der Waals surface area contributed by atoms with Crippen molar-refractivity contribution in [1.82, 2.24) is 0 Å². The summed E-state index contributed by atoms with van der Waals surface area (Å²) in [4.78, 5) is 11.6. The van der Waals surface area contributed by atoms with E-state index in [4.69, 9.17) is 28.1 Å². The highest BCUT2D eigenvalue weighted by atomic mass is 16.7. The van der Waals surface area contributed by atoms with Gasteiger partial charge in [0.25, 0.3) is 0 Å². The second-order valence-electron chi connectivity index (χ2n) is 10.8. The van der Waals surface area contributed by atoms with Crippen molar-refractivity contribution < 1.29 is 78.9 Å². The molecule has 16 nitrogen and oxygen atoms in total. The molecule has 2 aromatic carbocycles. The highest BCUT2D eigenvalue weighted by molar-refractivity contribution is 5.88. The molecule has 0 unspecified atom stereocenters. The predicted molar refractivity (Wildman–Crippen MR) is 148 cm³/mol. The number of phenols is 4. The second kappa shape index (κ2) is 12.8. The lowest BCUT2D eigenvalue weighted by Gasteiger charge is -2.43. The Kier molecular flexibility index (Phi) is 9.20. The quantitative estimate of drug-likeness (QED) is 0.0923. The molecular weight excluding hydrogens is 604 g/mol. The Balaban J connectivity index is 1.43. The van der Waals surface area contributed by atoms with Gasteiger partial charge in [-0.15, -0.1) is 0 Å². The number of hydrogen-bond acceptors (Lipinski definition) is 15. The number of aromatic hydroxyl groups is 4. The van der Waals surface area contributed by atoms with Crippen LogP contribution in [0.15, 0.2) is 40.8 Å². The van der Waals surface area contributed by atoms with Crippen molar-refractivity contribution in [3.8, 4) is 40.1 Å². The minimum absolute atomic E-state index is 0.00869. The standard InChI is InChI=1S/C29H32O16/c1-10-21(35)24(38)27(42-11(2)30)29(41-10)40-9-20-22(36)23(37)25(39)28(45-20)44-19-8-14-16(33)6-13(31)7-18(14)43-26(19)12-3-4-15(32)17(34)5-12/h3-8,10,20-25,27-29,35-39H,9H2,1-2H3,(H3-,31,32,33,34)/p+1/t10-,20+,21-,22+,23-,24+,25+,27+,28+,29+/m0/s1. The molecule has 1 aromatic heterocycles. The van der Waals surface area contributed by atoms with Gasteiger partial charge in [-0.3, -0.25) is 4.79 Å². The van der Waals surface area contributed by atoms with E-state index in [1.807, 2.05) is 0 Å². The molecule has 0 spiro atoms. The zero-order valence-electron chi connectivity index (χ0n) is 23.8. The van der Waals surface area contributed by atoms with Crippen LogP contribution in [0.4, 0.5) is 0 Å². The number of ether oxygens (including phenoxy) is 5. The molecule has 0 aliphatic carbocycles. The summed E-state index contributed by atoms with van der Waals surface area (Å²) < 4.78 is 33.8. The number of aliphatic hydroxyl groups excluding tert-OH is 5. The van der Waals surface area contributed by atoms with Crippen molar-refractivity contribution in [2.45, 2.75) is 75.3 Å². The number of phenolic OH excluding ortho intramolecular Hbond substituents is 4. The summed E-state index contributed by atoms with van der Waals surface area (Å²) in [5.74, 6) is -2.78. The molecule has 2 saturated heterocycles. The van der Waals surface area contributed by atoms with Gasteiger partial charge in [0.15, 0.2) is 23.9 Å². The van der Waals surface area contributed by atoms with Crippen LogP contribution in [0, 0.1) is 0 Å². The molecule has 3 aromatic rings. The number of hydrogen-bond donors (Lipinski definition) is 9. The molecule has 0 saturated carbocycles. The molecule has 16 heteroatoms. The van der Waals surface area contributed by atoms with Gasteiger partial charge in [-0.2, -0.15) is 0 Å². The fraction of sp³-hybridized carbons (Fsp3) is 0.448. The van der Waals surface area contributed by atoms with Crippen molar-refractivity contribution in [3.05, 3.63) is 36.4 Å². The number of rotatable bonds is 7. The lowest BCUT2D eigenvalue weighted by molar-refractivity contribution is -0.320. The molecule has 9 N–H and O–H groups in total. The van der Waals surface area contributed by atoms with Crippen LogP contribution in [0.2, 0.25) is 0 Å². The lowest BCUT2D eigenvalue weighted by Crippen LogP contribution is -2.62. The average molecular weight is 638 g/mol. The smallest absolute Gasteiger partial charge is 0.402 e. The first-order chi connectivity index (χ1) is 21.2. The Hall–Kier alpha value is -4.00. The molecule has 2 aliphatic rings. The topological polar surface area (TPSA) is 257 Å².